The van der Waals surface area contributed by atoms with Crippen LogP contribution >= 0.6 is 7.14 Å². The highest BCUT2D eigenvalue weighted by Crippen LogP contribution is 2.62. The Morgan fingerprint density at radius 1 is 0.759 bits per heavy atom. The monoisotopic (exact) mass is 410 g/mol. The molecule has 0 amide bonds. The van der Waals surface area contributed by atoms with E-state index in [0.717, 1.165) is 0 Å². The summed E-state index contributed by atoms with van der Waals surface area (Å²) >= 11 is 0. The van der Waals surface area contributed by atoms with Crippen LogP contribution in [0.3, 0.4) is 0 Å². The number of aliphatic hydroxyl groups excluding tert-OH is 1. The van der Waals surface area contributed by atoms with Crippen LogP contribution in [0.25, 0.3) is 0 Å². The van der Waals surface area contributed by atoms with Crippen molar-refractivity contribution in [2.45, 2.75) is 25.5 Å². The van der Waals surface area contributed by atoms with Gasteiger partial charge in [0.05, 0.1) is 0 Å². The number of hydrogen-bond acceptors (Lipinski definition) is 4. The number of rotatable bonds is 9. The first-order chi connectivity index (χ1) is 14.1. The molecule has 0 aromatic heterocycles. The Balaban J connectivity index is 2.33. The van der Waals surface area contributed by atoms with Gasteiger partial charge in [0.15, 0.2) is 0 Å². The van der Waals surface area contributed by atoms with Gasteiger partial charge in [-0.1, -0.05) is 91.0 Å². The first kappa shape index (κ1) is 21.5. The second-order valence-electron chi connectivity index (χ2n) is 6.59. The molecular weight excluding hydrogens is 383 g/mol. The Kier molecular flexibility index (Phi) is 7.05. The molecule has 0 heterocycles. The van der Waals surface area contributed by atoms with Gasteiger partial charge >= 0.3 is 0 Å². The van der Waals surface area contributed by atoms with Gasteiger partial charge < -0.3 is 19.1 Å². The minimum absolute atomic E-state index is 0.230. The quantitative estimate of drug-likeness (QED) is 0.418. The van der Waals surface area contributed by atoms with E-state index in [4.69, 9.17) is 9.47 Å². The van der Waals surface area contributed by atoms with Gasteiger partial charge in [-0.3, -0.25) is 0 Å². The van der Waals surface area contributed by atoms with Crippen molar-refractivity contribution in [1.82, 2.24) is 0 Å². The summed E-state index contributed by atoms with van der Waals surface area (Å²) in [6.45, 7) is 4.08. The molecule has 3 rings (SSSR count). The maximum Gasteiger partial charge on any atom is 0.261 e. The third-order valence-electron chi connectivity index (χ3n) is 4.84. The Hall–Kier alpha value is -2.23. The number of aliphatic hydroxyl groups is 1. The molecule has 1 N–H and O–H groups in total. The summed E-state index contributed by atoms with van der Waals surface area (Å²) in [5.41, 5.74) is -1.18. The van der Waals surface area contributed by atoms with Gasteiger partial charge in [-0.25, -0.2) is 0 Å². The second-order valence-corrected chi connectivity index (χ2v) is 9.47. The zero-order valence-electron chi connectivity index (χ0n) is 16.8. The maximum absolute atomic E-state index is 15.0. The minimum atomic E-state index is -3.61. The Morgan fingerprint density at radius 3 is 1.52 bits per heavy atom. The van der Waals surface area contributed by atoms with Crippen molar-refractivity contribution in [1.29, 1.82) is 0 Å². The number of ether oxygens (including phenoxy) is 2. The lowest BCUT2D eigenvalue weighted by molar-refractivity contribution is -0.226. The van der Waals surface area contributed by atoms with Crippen LogP contribution in [0.15, 0.2) is 91.0 Å². The second kappa shape index (κ2) is 9.51. The number of benzene rings is 3. The van der Waals surface area contributed by atoms with Crippen LogP contribution < -0.4 is 10.6 Å². The summed E-state index contributed by atoms with van der Waals surface area (Å²) in [5, 5.41) is 12.7. The average molecular weight is 410 g/mol. The number of hydrogen-bond donors (Lipinski definition) is 1. The van der Waals surface area contributed by atoms with E-state index in [0.29, 0.717) is 16.2 Å². The molecule has 0 aliphatic carbocycles. The van der Waals surface area contributed by atoms with E-state index in [1.165, 1.54) is 0 Å². The van der Waals surface area contributed by atoms with Gasteiger partial charge in [0.25, 0.3) is 5.53 Å². The minimum Gasteiger partial charge on any atom is -0.382 e. The predicted octanol–water partition coefficient (Wildman–Crippen LogP) is 4.46. The molecule has 29 heavy (non-hydrogen) atoms. The van der Waals surface area contributed by atoms with Crippen LogP contribution in [-0.4, -0.2) is 23.8 Å². The third-order valence-corrected chi connectivity index (χ3v) is 8.27. The van der Waals surface area contributed by atoms with E-state index in [9.17, 15) is 5.11 Å². The summed E-state index contributed by atoms with van der Waals surface area (Å²) in [6, 6.07) is 27.4. The summed E-state index contributed by atoms with van der Waals surface area (Å²) in [6.07, 6.45) is -1.25. The zero-order chi connectivity index (χ0) is 20.7. The summed E-state index contributed by atoms with van der Waals surface area (Å²) in [4.78, 5) is 0. The molecule has 5 heteroatoms. The van der Waals surface area contributed by atoms with Crippen molar-refractivity contribution < 1.29 is 19.1 Å². The summed E-state index contributed by atoms with van der Waals surface area (Å²) in [7, 11) is -3.61. The lowest BCUT2D eigenvalue weighted by atomic mass is 10.1. The molecule has 0 aliphatic rings. The normalized spacial score (nSPS) is 13.2. The Labute approximate surface area is 172 Å². The molecule has 0 fully saturated rings. The molecule has 1 atom stereocenters. The van der Waals surface area contributed by atoms with Gasteiger partial charge in [-0.15, -0.1) is 0 Å². The van der Waals surface area contributed by atoms with Crippen molar-refractivity contribution in [2.24, 2.45) is 0 Å². The van der Waals surface area contributed by atoms with Crippen molar-refractivity contribution in [3.05, 3.63) is 96.6 Å². The van der Waals surface area contributed by atoms with Crippen LogP contribution in [0.1, 0.15) is 25.5 Å². The first-order valence-corrected chi connectivity index (χ1v) is 11.5. The van der Waals surface area contributed by atoms with E-state index < -0.39 is 18.8 Å². The SMILES string of the molecule is CCOC(OCC)(C(O)c1ccccc1)P(=O)(c1ccccc1)c1ccccc1. The molecule has 0 saturated heterocycles. The van der Waals surface area contributed by atoms with Crippen molar-refractivity contribution >= 4 is 17.8 Å². The lowest BCUT2D eigenvalue weighted by Crippen LogP contribution is -2.48. The Morgan fingerprint density at radius 2 is 1.14 bits per heavy atom. The summed E-state index contributed by atoms with van der Waals surface area (Å²) in [5.74, 6) is 0. The van der Waals surface area contributed by atoms with Gasteiger partial charge in [-0.05, 0) is 19.4 Å². The van der Waals surface area contributed by atoms with Crippen molar-refractivity contribution in [3.8, 4) is 0 Å². The fourth-order valence-corrected chi connectivity index (χ4v) is 6.92. The molecule has 4 nitrogen and oxygen atoms in total. The topological polar surface area (TPSA) is 55.8 Å². The van der Waals surface area contributed by atoms with E-state index in [2.05, 4.69) is 0 Å². The van der Waals surface area contributed by atoms with Crippen LogP contribution in [0.2, 0.25) is 0 Å². The molecule has 0 bridgehead atoms. The standard InChI is InChI=1S/C24H27O4P/c1-3-27-24(28-4-2,23(25)20-14-8-5-9-15-20)29(26,21-16-10-6-11-17-21)22-18-12-7-13-19-22/h5-19,23,25H,3-4H2,1-2H3. The maximum atomic E-state index is 15.0. The van der Waals surface area contributed by atoms with Gasteiger partial charge in [0.1, 0.15) is 6.10 Å². The molecule has 1 unspecified atom stereocenters. The van der Waals surface area contributed by atoms with Gasteiger partial charge in [0.2, 0.25) is 7.14 Å². The van der Waals surface area contributed by atoms with Crippen LogP contribution in [0.4, 0.5) is 0 Å². The molecule has 0 radical (unpaired) electrons. The van der Waals surface area contributed by atoms with Gasteiger partial charge in [-0.2, -0.15) is 0 Å². The predicted molar refractivity (Wildman–Crippen MR) is 117 cm³/mol. The van der Waals surface area contributed by atoms with Gasteiger partial charge in [0, 0.05) is 23.8 Å². The van der Waals surface area contributed by atoms with Crippen molar-refractivity contribution in [2.75, 3.05) is 13.2 Å². The molecule has 0 saturated carbocycles. The first-order valence-electron chi connectivity index (χ1n) is 9.82. The highest BCUT2D eigenvalue weighted by atomic mass is 31.2. The van der Waals surface area contributed by atoms with Crippen LogP contribution in [-0.2, 0) is 14.0 Å². The molecule has 0 aliphatic heterocycles. The zero-order valence-corrected chi connectivity index (χ0v) is 17.7. The fraction of sp³-hybridized carbons (Fsp3) is 0.250. The fourth-order valence-electron chi connectivity index (χ4n) is 3.60. The summed E-state index contributed by atoms with van der Waals surface area (Å²) < 4.78 is 27.3. The molecule has 152 valence electrons. The van der Waals surface area contributed by atoms with Crippen LogP contribution in [0.5, 0.6) is 0 Å². The highest BCUT2D eigenvalue weighted by molar-refractivity contribution is 7.79. The third kappa shape index (κ3) is 3.94. The van der Waals surface area contributed by atoms with E-state index in [-0.39, 0.29) is 13.2 Å². The largest absolute Gasteiger partial charge is 0.382 e. The Bertz CT molecular complexity index is 879. The lowest BCUT2D eigenvalue weighted by Gasteiger charge is -2.43. The van der Waals surface area contributed by atoms with E-state index in [1.54, 1.807) is 36.4 Å². The molecule has 3 aromatic carbocycles. The molecular formula is C24H27O4P. The van der Waals surface area contributed by atoms with E-state index >= 15 is 4.57 Å². The van der Waals surface area contributed by atoms with Crippen molar-refractivity contribution in [3.63, 3.8) is 0 Å². The van der Waals surface area contributed by atoms with E-state index in [1.807, 2.05) is 68.4 Å². The molecule has 3 aromatic rings. The smallest absolute Gasteiger partial charge is 0.261 e. The average Bonchev–Trinajstić information content (AvgIpc) is 2.79. The van der Waals surface area contributed by atoms with Crippen LogP contribution in [0, 0.1) is 0 Å². The highest BCUT2D eigenvalue weighted by Gasteiger charge is 2.58. The molecule has 0 spiro atoms.